The van der Waals surface area contributed by atoms with Crippen LogP contribution in [0.2, 0.25) is 0 Å². The normalized spacial score (nSPS) is 11.6. The molecule has 1 heterocycles. The van der Waals surface area contributed by atoms with Crippen molar-refractivity contribution in [1.82, 2.24) is 15.3 Å². The van der Waals surface area contributed by atoms with Crippen molar-refractivity contribution in [3.63, 3.8) is 0 Å². The number of nitrogens with zero attached hydrogens (tertiary/aromatic N) is 3. The summed E-state index contributed by atoms with van der Waals surface area (Å²) in [6.45, 7) is 0.755. The van der Waals surface area contributed by atoms with Crippen molar-refractivity contribution < 1.29 is 17.9 Å². The lowest BCUT2D eigenvalue weighted by molar-refractivity contribution is -0.119. The highest BCUT2D eigenvalue weighted by molar-refractivity contribution is 5.28. The maximum atomic E-state index is 12.2. The predicted molar refractivity (Wildman–Crippen MR) is 64.9 cm³/mol. The van der Waals surface area contributed by atoms with Crippen LogP contribution in [0.5, 0.6) is 0 Å². The van der Waals surface area contributed by atoms with E-state index in [0.29, 0.717) is 19.7 Å². The number of anilines is 1. The lowest BCUT2D eigenvalue weighted by Gasteiger charge is -2.18. The molecule has 0 atom stereocenters. The molecule has 19 heavy (non-hydrogen) atoms. The molecule has 0 aliphatic carbocycles. The Kier molecular flexibility index (Phi) is 5.97. The summed E-state index contributed by atoms with van der Waals surface area (Å²) in [4.78, 5) is 8.77. The minimum atomic E-state index is -4.27. The highest BCUT2D eigenvalue weighted by Gasteiger charge is 2.30. The third kappa shape index (κ3) is 6.35. The smallest absolute Gasteiger partial charge is 0.383 e. The molecule has 0 aliphatic heterocycles. The van der Waals surface area contributed by atoms with Gasteiger partial charge >= 0.3 is 6.18 Å². The Morgan fingerprint density at radius 2 is 1.95 bits per heavy atom. The molecule has 1 rings (SSSR count). The van der Waals surface area contributed by atoms with E-state index in [1.165, 1.54) is 19.4 Å². The molecular weight excluding hydrogens is 261 g/mol. The van der Waals surface area contributed by atoms with E-state index in [1.54, 1.807) is 7.11 Å². The molecule has 0 saturated carbocycles. The van der Waals surface area contributed by atoms with Crippen LogP contribution in [0.3, 0.4) is 0 Å². The first-order valence-electron chi connectivity index (χ1n) is 5.71. The Morgan fingerprint density at radius 3 is 2.47 bits per heavy atom. The highest BCUT2D eigenvalue weighted by atomic mass is 19.4. The Hall–Kier alpha value is -1.41. The lowest BCUT2D eigenvalue weighted by Crippen LogP contribution is -2.32. The van der Waals surface area contributed by atoms with E-state index in [4.69, 9.17) is 4.74 Å². The van der Waals surface area contributed by atoms with Gasteiger partial charge in [0.15, 0.2) is 0 Å². The molecule has 0 aromatic carbocycles. The molecule has 0 amide bonds. The Labute approximate surface area is 109 Å². The Balaban J connectivity index is 2.47. The van der Waals surface area contributed by atoms with Crippen LogP contribution in [-0.4, -0.2) is 50.0 Å². The minimum absolute atomic E-state index is 0.0537. The third-order valence-corrected chi connectivity index (χ3v) is 2.26. The van der Waals surface area contributed by atoms with Gasteiger partial charge in [0.2, 0.25) is 5.95 Å². The van der Waals surface area contributed by atoms with Gasteiger partial charge in [0.25, 0.3) is 0 Å². The number of ether oxygens (including phenoxy) is 1. The monoisotopic (exact) mass is 278 g/mol. The largest absolute Gasteiger partial charge is 0.406 e. The minimum Gasteiger partial charge on any atom is -0.383 e. The van der Waals surface area contributed by atoms with Gasteiger partial charge in [0.05, 0.1) is 6.61 Å². The van der Waals surface area contributed by atoms with Gasteiger partial charge in [0, 0.05) is 45.2 Å². The van der Waals surface area contributed by atoms with Crippen molar-refractivity contribution >= 4 is 5.95 Å². The molecule has 0 radical (unpaired) electrons. The second kappa shape index (κ2) is 7.25. The van der Waals surface area contributed by atoms with Crippen LogP contribution in [-0.2, 0) is 11.3 Å². The molecule has 0 spiro atoms. The number of alkyl halides is 3. The zero-order valence-corrected chi connectivity index (χ0v) is 10.9. The average Bonchev–Trinajstić information content (AvgIpc) is 2.33. The second-order valence-electron chi connectivity index (χ2n) is 4.03. The van der Waals surface area contributed by atoms with E-state index in [1.807, 2.05) is 0 Å². The SMILES string of the molecule is COCCNCc1cnc(N(C)CC(F)(F)F)nc1. The molecule has 5 nitrogen and oxygen atoms in total. The van der Waals surface area contributed by atoms with Crippen LogP contribution in [0.15, 0.2) is 12.4 Å². The molecule has 1 aromatic rings. The van der Waals surface area contributed by atoms with Gasteiger partial charge in [-0.2, -0.15) is 13.2 Å². The van der Waals surface area contributed by atoms with Gasteiger partial charge in [-0.05, 0) is 0 Å². The number of rotatable bonds is 7. The summed E-state index contributed by atoms with van der Waals surface area (Å²) in [7, 11) is 2.91. The van der Waals surface area contributed by atoms with E-state index in [9.17, 15) is 13.2 Å². The van der Waals surface area contributed by atoms with Crippen LogP contribution < -0.4 is 10.2 Å². The number of methoxy groups -OCH3 is 1. The third-order valence-electron chi connectivity index (χ3n) is 2.26. The fourth-order valence-corrected chi connectivity index (χ4v) is 1.38. The van der Waals surface area contributed by atoms with Crippen molar-refractivity contribution in [2.45, 2.75) is 12.7 Å². The van der Waals surface area contributed by atoms with E-state index < -0.39 is 12.7 Å². The van der Waals surface area contributed by atoms with Gasteiger partial charge in [-0.1, -0.05) is 0 Å². The molecule has 0 aliphatic rings. The maximum absolute atomic E-state index is 12.2. The quantitative estimate of drug-likeness (QED) is 0.760. The van der Waals surface area contributed by atoms with Crippen molar-refractivity contribution in [2.24, 2.45) is 0 Å². The first-order valence-corrected chi connectivity index (χ1v) is 5.71. The van der Waals surface area contributed by atoms with Gasteiger partial charge in [-0.3, -0.25) is 0 Å². The van der Waals surface area contributed by atoms with Gasteiger partial charge < -0.3 is 15.0 Å². The number of nitrogens with one attached hydrogen (secondary N) is 1. The van der Waals surface area contributed by atoms with E-state index in [0.717, 1.165) is 10.5 Å². The molecule has 0 saturated heterocycles. The summed E-state index contributed by atoms with van der Waals surface area (Å²) in [6, 6.07) is 0. The average molecular weight is 278 g/mol. The molecular formula is C11H17F3N4O. The van der Waals surface area contributed by atoms with Gasteiger partial charge in [-0.25, -0.2) is 9.97 Å². The van der Waals surface area contributed by atoms with E-state index in [2.05, 4.69) is 15.3 Å². The molecule has 0 fully saturated rings. The van der Waals surface area contributed by atoms with Crippen molar-refractivity contribution in [3.05, 3.63) is 18.0 Å². The van der Waals surface area contributed by atoms with Crippen LogP contribution in [0.1, 0.15) is 5.56 Å². The first-order chi connectivity index (χ1) is 8.92. The predicted octanol–water partition coefficient (Wildman–Crippen LogP) is 1.21. The zero-order valence-electron chi connectivity index (χ0n) is 10.9. The van der Waals surface area contributed by atoms with E-state index >= 15 is 0 Å². The van der Waals surface area contributed by atoms with E-state index in [-0.39, 0.29) is 5.95 Å². The highest BCUT2D eigenvalue weighted by Crippen LogP contribution is 2.17. The van der Waals surface area contributed by atoms with Crippen molar-refractivity contribution in [2.75, 3.05) is 38.8 Å². The maximum Gasteiger partial charge on any atom is 0.406 e. The van der Waals surface area contributed by atoms with Crippen molar-refractivity contribution in [3.8, 4) is 0 Å². The Morgan fingerprint density at radius 1 is 1.32 bits per heavy atom. The molecule has 0 unspecified atom stereocenters. The molecule has 108 valence electrons. The molecule has 0 bridgehead atoms. The van der Waals surface area contributed by atoms with Crippen LogP contribution in [0.4, 0.5) is 19.1 Å². The molecule has 8 heteroatoms. The first kappa shape index (κ1) is 15.6. The zero-order chi connectivity index (χ0) is 14.3. The summed E-state index contributed by atoms with van der Waals surface area (Å²) in [6.07, 6.45) is -1.25. The summed E-state index contributed by atoms with van der Waals surface area (Å²) in [5.41, 5.74) is 0.806. The fraction of sp³-hybridized carbons (Fsp3) is 0.636. The fourth-order valence-electron chi connectivity index (χ4n) is 1.38. The number of halogens is 3. The van der Waals surface area contributed by atoms with Crippen LogP contribution in [0.25, 0.3) is 0 Å². The van der Waals surface area contributed by atoms with Crippen LogP contribution in [0, 0.1) is 0 Å². The summed E-state index contributed by atoms with van der Waals surface area (Å²) >= 11 is 0. The number of hydrogen-bond donors (Lipinski definition) is 1. The lowest BCUT2D eigenvalue weighted by atomic mass is 10.3. The van der Waals surface area contributed by atoms with Crippen molar-refractivity contribution in [1.29, 1.82) is 0 Å². The summed E-state index contributed by atoms with van der Waals surface area (Å²) in [5, 5.41) is 3.09. The second-order valence-corrected chi connectivity index (χ2v) is 4.03. The molecule has 1 aromatic heterocycles. The summed E-state index contributed by atoms with van der Waals surface area (Å²) < 4.78 is 41.4. The van der Waals surface area contributed by atoms with Gasteiger partial charge in [-0.15, -0.1) is 0 Å². The molecule has 1 N–H and O–H groups in total. The standard InChI is InChI=1S/C11H17F3N4O/c1-18(8-11(12,13)14)10-16-6-9(7-17-10)5-15-3-4-19-2/h6-7,15H,3-5,8H2,1-2H3. The van der Waals surface area contributed by atoms with Gasteiger partial charge in [0.1, 0.15) is 6.54 Å². The number of aromatic nitrogens is 2. The van der Waals surface area contributed by atoms with Crippen LogP contribution >= 0.6 is 0 Å². The summed E-state index contributed by atoms with van der Waals surface area (Å²) in [5.74, 6) is 0.0537. The Bertz CT molecular complexity index is 369. The topological polar surface area (TPSA) is 50.3 Å². The number of hydrogen-bond acceptors (Lipinski definition) is 5.